The lowest BCUT2D eigenvalue weighted by molar-refractivity contribution is -0.0774. The molecule has 52 heavy (non-hydrogen) atoms. The number of ether oxygens (including phenoxy) is 4. The predicted octanol–water partition coefficient (Wildman–Crippen LogP) is 6.94. The molecular weight excluding hydrogens is 699 g/mol. The molecule has 11 nitrogen and oxygen atoms in total. The van der Waals surface area contributed by atoms with Crippen molar-refractivity contribution in [2.75, 3.05) is 25.6 Å². The summed E-state index contributed by atoms with van der Waals surface area (Å²) in [6.07, 6.45) is 4.12. The minimum absolute atomic E-state index is 0.00920. The molecule has 1 fully saturated rings. The maximum Gasteiger partial charge on any atom is 0.268 e. The Morgan fingerprint density at radius 3 is 2.40 bits per heavy atom. The third-order valence-electron chi connectivity index (χ3n) is 9.06. The van der Waals surface area contributed by atoms with Crippen LogP contribution in [0, 0.1) is 12.7 Å². The molecule has 1 aliphatic rings. The lowest BCUT2D eigenvalue weighted by Crippen LogP contribution is -2.38. The molecule has 0 radical (unpaired) electrons. The van der Waals surface area contributed by atoms with Gasteiger partial charge in [-0.15, -0.1) is 0 Å². The van der Waals surface area contributed by atoms with Gasteiger partial charge >= 0.3 is 0 Å². The first-order valence-electron chi connectivity index (χ1n) is 16.4. The smallest absolute Gasteiger partial charge is 0.268 e. The number of alkyl halides is 2. The second-order valence-electron chi connectivity index (χ2n) is 12.5. The van der Waals surface area contributed by atoms with Gasteiger partial charge in [-0.1, -0.05) is 12.1 Å². The fourth-order valence-corrected chi connectivity index (χ4v) is 7.80. The lowest BCUT2D eigenvalue weighted by Gasteiger charge is -2.36. The van der Waals surface area contributed by atoms with Gasteiger partial charge in [-0.3, -0.25) is 4.68 Å². The van der Waals surface area contributed by atoms with Gasteiger partial charge in [-0.05, 0) is 60.4 Å². The summed E-state index contributed by atoms with van der Waals surface area (Å²) in [5.41, 5.74) is 2.38. The van der Waals surface area contributed by atoms with Crippen LogP contribution in [0.4, 0.5) is 19.0 Å². The zero-order valence-electron chi connectivity index (χ0n) is 29.0. The molecule has 2 aromatic heterocycles. The van der Waals surface area contributed by atoms with Crippen molar-refractivity contribution < 1.29 is 40.5 Å². The molecule has 2 heterocycles. The number of halogens is 3. The molecule has 0 amide bonds. The van der Waals surface area contributed by atoms with E-state index < -0.39 is 45.1 Å². The molecular formula is C37H38F3N5O6S. The van der Waals surface area contributed by atoms with Gasteiger partial charge in [0.05, 0.1) is 40.6 Å². The Balaban J connectivity index is 1.28. The molecule has 0 spiro atoms. The molecule has 3 aromatic carbocycles. The topological polar surface area (TPSA) is 118 Å². The van der Waals surface area contributed by atoms with E-state index in [9.17, 15) is 17.2 Å². The molecule has 0 unspecified atom stereocenters. The van der Waals surface area contributed by atoms with Crippen molar-refractivity contribution in [1.82, 2.24) is 19.7 Å². The van der Waals surface area contributed by atoms with E-state index in [2.05, 4.69) is 15.1 Å². The summed E-state index contributed by atoms with van der Waals surface area (Å²) >= 11 is 0. The average molecular weight is 738 g/mol. The number of sulfonamides is 1. The number of methoxy groups -OCH3 is 3. The Morgan fingerprint density at radius 1 is 0.962 bits per heavy atom. The zero-order chi connectivity index (χ0) is 37.0. The molecule has 6 rings (SSSR count). The minimum atomic E-state index is -4.61. The van der Waals surface area contributed by atoms with E-state index in [1.807, 2.05) is 24.3 Å². The highest BCUT2D eigenvalue weighted by molar-refractivity contribution is 7.92. The number of aryl methyl sites for hydroxylation is 1. The van der Waals surface area contributed by atoms with Crippen molar-refractivity contribution in [3.05, 3.63) is 114 Å². The first-order chi connectivity index (χ1) is 24.9. The molecule has 2 atom stereocenters. The van der Waals surface area contributed by atoms with Crippen LogP contribution in [0.15, 0.2) is 90.5 Å². The molecule has 0 bridgehead atoms. The van der Waals surface area contributed by atoms with E-state index in [0.717, 1.165) is 27.8 Å². The van der Waals surface area contributed by atoms with E-state index in [1.54, 1.807) is 42.4 Å². The van der Waals surface area contributed by atoms with Crippen LogP contribution in [-0.4, -0.2) is 61.5 Å². The van der Waals surface area contributed by atoms with E-state index >= 15 is 4.39 Å². The molecule has 274 valence electrons. The standard InChI is InChI=1S/C37H38F3N5O6S/c1-24-15-35(52(46,47)45(36-12-14-41-23-42-36)22-26-7-10-29(49-3)16-33(26)50-4)31(38)17-32(24)51-34-18-37(39,40)13-11-30(34)27-19-43-44(21-27)20-25-5-8-28(48-2)9-6-25/h5-10,12,14-17,19,21,23,30,34H,11,13,18,20,22H2,1-4H3/t30-,34+/m1/s1. The van der Waals surface area contributed by atoms with Gasteiger partial charge in [-0.2, -0.15) is 5.10 Å². The van der Waals surface area contributed by atoms with Gasteiger partial charge < -0.3 is 18.9 Å². The second kappa shape index (κ2) is 15.1. The summed E-state index contributed by atoms with van der Waals surface area (Å²) in [7, 11) is -0.0938. The molecule has 15 heteroatoms. The average Bonchev–Trinajstić information content (AvgIpc) is 3.60. The summed E-state index contributed by atoms with van der Waals surface area (Å²) in [6, 6.07) is 15.9. The molecule has 5 aromatic rings. The number of nitrogens with zero attached hydrogens (tertiary/aromatic N) is 5. The van der Waals surface area contributed by atoms with Crippen molar-refractivity contribution in [3.63, 3.8) is 0 Å². The zero-order valence-corrected chi connectivity index (χ0v) is 29.8. The summed E-state index contributed by atoms with van der Waals surface area (Å²) in [5.74, 6) is -3.08. The van der Waals surface area contributed by atoms with Crippen LogP contribution in [0.2, 0.25) is 0 Å². The Morgan fingerprint density at radius 2 is 1.71 bits per heavy atom. The van der Waals surface area contributed by atoms with Gasteiger partial charge in [0.1, 0.15) is 52.0 Å². The van der Waals surface area contributed by atoms with Gasteiger partial charge in [0.25, 0.3) is 15.9 Å². The normalized spacial score (nSPS) is 17.0. The Bertz CT molecular complexity index is 2120. The van der Waals surface area contributed by atoms with Crippen molar-refractivity contribution >= 4 is 15.8 Å². The van der Waals surface area contributed by atoms with E-state index in [1.165, 1.54) is 39.7 Å². The third-order valence-corrected chi connectivity index (χ3v) is 10.8. The van der Waals surface area contributed by atoms with Gasteiger partial charge in [-0.25, -0.2) is 35.9 Å². The molecule has 0 saturated heterocycles. The number of hydrogen-bond acceptors (Lipinski definition) is 9. The number of hydrogen-bond donors (Lipinski definition) is 0. The van der Waals surface area contributed by atoms with Crippen molar-refractivity contribution in [2.45, 2.75) is 62.1 Å². The fourth-order valence-electron chi connectivity index (χ4n) is 6.27. The van der Waals surface area contributed by atoms with E-state index in [-0.39, 0.29) is 36.5 Å². The summed E-state index contributed by atoms with van der Waals surface area (Å²) in [4.78, 5) is 7.36. The SMILES string of the molecule is COc1ccc(Cn2cc([C@H]3CCC(F)(F)C[C@@H]3Oc3cc(F)c(S(=O)(=O)N(Cc4ccc(OC)cc4OC)c4ccncn4)cc3C)cn2)cc1. The molecule has 0 aliphatic heterocycles. The molecule has 1 aliphatic carbocycles. The van der Waals surface area contributed by atoms with Crippen LogP contribution < -0.4 is 23.3 Å². The predicted molar refractivity (Wildman–Crippen MR) is 186 cm³/mol. The quantitative estimate of drug-likeness (QED) is 0.127. The Kier molecular flexibility index (Phi) is 10.6. The van der Waals surface area contributed by atoms with Gasteiger partial charge in [0.2, 0.25) is 0 Å². The number of aromatic nitrogens is 4. The minimum Gasteiger partial charge on any atom is -0.497 e. The lowest BCUT2D eigenvalue weighted by atomic mass is 9.81. The van der Waals surface area contributed by atoms with E-state index in [0.29, 0.717) is 29.2 Å². The van der Waals surface area contributed by atoms with Crippen molar-refractivity contribution in [2.24, 2.45) is 0 Å². The maximum absolute atomic E-state index is 16.0. The highest BCUT2D eigenvalue weighted by Crippen LogP contribution is 2.44. The van der Waals surface area contributed by atoms with Crippen LogP contribution >= 0.6 is 0 Å². The fraction of sp³-hybridized carbons (Fsp3) is 0.324. The molecule has 1 saturated carbocycles. The first kappa shape index (κ1) is 36.5. The van der Waals surface area contributed by atoms with Crippen LogP contribution in [0.3, 0.4) is 0 Å². The summed E-state index contributed by atoms with van der Waals surface area (Å²) in [6.45, 7) is 1.72. The van der Waals surface area contributed by atoms with Crippen LogP contribution in [-0.2, 0) is 23.1 Å². The van der Waals surface area contributed by atoms with Crippen LogP contribution in [0.25, 0.3) is 0 Å². The largest absolute Gasteiger partial charge is 0.497 e. The van der Waals surface area contributed by atoms with Gasteiger partial charge in [0.15, 0.2) is 0 Å². The number of anilines is 1. The highest BCUT2D eigenvalue weighted by atomic mass is 32.2. The monoisotopic (exact) mass is 737 g/mol. The number of benzene rings is 3. The maximum atomic E-state index is 16.0. The second-order valence-corrected chi connectivity index (χ2v) is 14.3. The van der Waals surface area contributed by atoms with Crippen LogP contribution in [0.5, 0.6) is 23.0 Å². The van der Waals surface area contributed by atoms with Crippen molar-refractivity contribution in [1.29, 1.82) is 0 Å². The summed E-state index contributed by atoms with van der Waals surface area (Å²) < 4.78 is 98.9. The highest BCUT2D eigenvalue weighted by Gasteiger charge is 2.44. The van der Waals surface area contributed by atoms with E-state index in [4.69, 9.17) is 18.9 Å². The van der Waals surface area contributed by atoms with Gasteiger partial charge in [0, 0.05) is 54.9 Å². The molecule has 0 N–H and O–H groups in total. The third kappa shape index (κ3) is 7.93. The Labute approximate surface area is 300 Å². The van der Waals surface area contributed by atoms with Crippen molar-refractivity contribution in [3.8, 4) is 23.0 Å². The number of rotatable bonds is 13. The Hall–Kier alpha value is -5.31. The first-order valence-corrected chi connectivity index (χ1v) is 17.8. The summed E-state index contributed by atoms with van der Waals surface area (Å²) in [5, 5.41) is 4.46. The van der Waals surface area contributed by atoms with Crippen LogP contribution in [0.1, 0.15) is 47.4 Å².